The number of aliphatic hydroxyl groups excluding tert-OH is 3. The molecule has 0 saturated carbocycles. The van der Waals surface area contributed by atoms with Crippen molar-refractivity contribution in [2.45, 2.75) is 56.1 Å². The molecule has 1 fully saturated rings. The highest BCUT2D eigenvalue weighted by Gasteiger charge is 2.46. The highest BCUT2D eigenvalue weighted by molar-refractivity contribution is 5.88. The second-order valence-corrected chi connectivity index (χ2v) is 10.2. The molecule has 9 N–H and O–H groups in total. The molecule has 0 aliphatic carbocycles. The van der Waals surface area contributed by atoms with Crippen LogP contribution in [0.25, 0.3) is 22.3 Å². The Morgan fingerprint density at radius 3 is 2.28 bits per heavy atom. The average Bonchev–Trinajstić information content (AvgIpc) is 2.89. The van der Waals surface area contributed by atoms with Gasteiger partial charge in [-0.25, -0.2) is 0 Å². The first-order valence-corrected chi connectivity index (χ1v) is 12.6. The number of carbonyl (C=O) groups excluding carboxylic acids is 1. The van der Waals surface area contributed by atoms with E-state index in [4.69, 9.17) is 23.7 Å². The molecule has 43 heavy (non-hydrogen) atoms. The zero-order valence-electron chi connectivity index (χ0n) is 22.3. The molecular formula is C27H28O16. The monoisotopic (exact) mass is 608 g/mol. The number of aliphatic hydroxyl groups is 4. The minimum Gasteiger partial charge on any atom is -0.508 e. The van der Waals surface area contributed by atoms with E-state index < -0.39 is 113 Å². The van der Waals surface area contributed by atoms with Crippen LogP contribution in [0.4, 0.5) is 0 Å². The zero-order valence-corrected chi connectivity index (χ0v) is 22.3. The van der Waals surface area contributed by atoms with Crippen molar-refractivity contribution in [3.05, 3.63) is 40.6 Å². The molecule has 0 radical (unpaired) electrons. The molecular weight excluding hydrogens is 580 g/mol. The topological polar surface area (TPSA) is 274 Å². The van der Waals surface area contributed by atoms with Gasteiger partial charge in [-0.05, 0) is 25.1 Å². The Bertz CT molecular complexity index is 1590. The first kappa shape index (κ1) is 31.3. The van der Waals surface area contributed by atoms with Gasteiger partial charge in [-0.15, -0.1) is 0 Å². The Morgan fingerprint density at radius 2 is 1.63 bits per heavy atom. The van der Waals surface area contributed by atoms with Crippen molar-refractivity contribution in [1.82, 2.24) is 0 Å². The third-order valence-corrected chi connectivity index (χ3v) is 6.52. The van der Waals surface area contributed by atoms with E-state index in [9.17, 15) is 55.2 Å². The maximum absolute atomic E-state index is 13.5. The number of aromatic hydroxyl groups is 4. The predicted molar refractivity (Wildman–Crippen MR) is 140 cm³/mol. The highest BCUT2D eigenvalue weighted by atomic mass is 16.7. The van der Waals surface area contributed by atoms with Crippen molar-refractivity contribution in [2.75, 3.05) is 6.61 Å². The smallest absolute Gasteiger partial charge is 0.308 e. The maximum atomic E-state index is 13.5. The van der Waals surface area contributed by atoms with E-state index in [1.165, 1.54) is 6.07 Å². The summed E-state index contributed by atoms with van der Waals surface area (Å²) < 4.78 is 21.8. The van der Waals surface area contributed by atoms with Crippen LogP contribution in [0.5, 0.6) is 28.7 Å². The molecule has 16 nitrogen and oxygen atoms in total. The van der Waals surface area contributed by atoms with Gasteiger partial charge in [-0.3, -0.25) is 14.4 Å². The molecule has 1 aliphatic heterocycles. The number of fused-ring (bicyclic) bond motifs is 1. The molecule has 16 heteroatoms. The lowest BCUT2D eigenvalue weighted by Crippen LogP contribution is -2.60. The van der Waals surface area contributed by atoms with E-state index in [-0.39, 0.29) is 11.1 Å². The molecule has 2 heterocycles. The molecule has 0 unspecified atom stereocenters. The number of hydrogen-bond acceptors (Lipinski definition) is 15. The van der Waals surface area contributed by atoms with Gasteiger partial charge in [0.15, 0.2) is 17.3 Å². The SMILES string of the molecule is C[C@@](O)(CC(=O)O)CC(=O)OC[C@H]1O[C@@H](Oc2c(-c3ccc(O)c(O)c3)oc3cc(O)cc(O)c3c2=O)[C@H](O)[C@@H](O)[C@H]1O. The summed E-state index contributed by atoms with van der Waals surface area (Å²) in [6, 6.07) is 5.12. The van der Waals surface area contributed by atoms with Crippen molar-refractivity contribution in [1.29, 1.82) is 0 Å². The number of carboxylic acids is 1. The van der Waals surface area contributed by atoms with Crippen LogP contribution in [-0.4, -0.2) is 101 Å². The fourth-order valence-electron chi connectivity index (χ4n) is 4.42. The van der Waals surface area contributed by atoms with Gasteiger partial charge in [0, 0.05) is 17.7 Å². The van der Waals surface area contributed by atoms with Gasteiger partial charge in [0.2, 0.25) is 17.5 Å². The number of benzene rings is 2. The summed E-state index contributed by atoms with van der Waals surface area (Å²) in [5.41, 5.74) is -3.39. The molecule has 2 aromatic carbocycles. The lowest BCUT2D eigenvalue weighted by molar-refractivity contribution is -0.278. The predicted octanol–water partition coefficient (Wildman–Crippen LogP) is -0.372. The summed E-state index contributed by atoms with van der Waals surface area (Å²) in [6.07, 6.45) is -10.9. The number of phenolic OH excluding ortho intramolecular Hbond substituents is 4. The Kier molecular flexibility index (Phi) is 8.70. The van der Waals surface area contributed by atoms with Crippen molar-refractivity contribution >= 4 is 22.9 Å². The quantitative estimate of drug-likeness (QED) is 0.111. The largest absolute Gasteiger partial charge is 0.508 e. The molecule has 1 saturated heterocycles. The minimum atomic E-state index is -2.01. The molecule has 4 rings (SSSR count). The van der Waals surface area contributed by atoms with Gasteiger partial charge in [-0.1, -0.05) is 0 Å². The minimum absolute atomic E-state index is 0.0584. The van der Waals surface area contributed by atoms with E-state index in [0.29, 0.717) is 0 Å². The number of hydrogen-bond donors (Lipinski definition) is 9. The van der Waals surface area contributed by atoms with Crippen LogP contribution in [0.15, 0.2) is 39.5 Å². The third-order valence-electron chi connectivity index (χ3n) is 6.52. The molecule has 0 spiro atoms. The van der Waals surface area contributed by atoms with E-state index in [1.807, 2.05) is 0 Å². The second kappa shape index (κ2) is 11.9. The Labute approximate surface area is 240 Å². The number of esters is 1. The van der Waals surface area contributed by atoms with E-state index in [1.54, 1.807) is 0 Å². The van der Waals surface area contributed by atoms with Crippen molar-refractivity contribution in [3.8, 4) is 40.1 Å². The summed E-state index contributed by atoms with van der Waals surface area (Å²) in [5, 5.41) is 89.8. The molecule has 1 aromatic heterocycles. The summed E-state index contributed by atoms with van der Waals surface area (Å²) in [7, 11) is 0. The zero-order chi connectivity index (χ0) is 31.8. The number of rotatable bonds is 9. The van der Waals surface area contributed by atoms with Gasteiger partial charge in [0.05, 0.1) is 18.4 Å². The molecule has 0 bridgehead atoms. The maximum Gasteiger partial charge on any atom is 0.308 e. The van der Waals surface area contributed by atoms with Gasteiger partial charge >= 0.3 is 11.9 Å². The number of ether oxygens (including phenoxy) is 3. The van der Waals surface area contributed by atoms with Crippen molar-refractivity contribution in [2.24, 2.45) is 0 Å². The molecule has 232 valence electrons. The molecule has 3 aromatic rings. The summed E-state index contributed by atoms with van der Waals surface area (Å²) >= 11 is 0. The fraction of sp³-hybridized carbons (Fsp3) is 0.370. The number of carboxylic acid groups (broad SMARTS) is 1. The van der Waals surface area contributed by atoms with Crippen LogP contribution in [-0.2, 0) is 19.1 Å². The summed E-state index contributed by atoms with van der Waals surface area (Å²) in [5.74, 6) is -5.93. The Hall–Kier alpha value is -4.61. The summed E-state index contributed by atoms with van der Waals surface area (Å²) in [6.45, 7) is 0.329. The van der Waals surface area contributed by atoms with E-state index in [2.05, 4.69) is 0 Å². The first-order valence-electron chi connectivity index (χ1n) is 12.6. The Morgan fingerprint density at radius 1 is 0.930 bits per heavy atom. The Balaban J connectivity index is 1.67. The first-order chi connectivity index (χ1) is 20.1. The highest BCUT2D eigenvalue weighted by Crippen LogP contribution is 2.39. The van der Waals surface area contributed by atoms with Crippen LogP contribution in [0.2, 0.25) is 0 Å². The number of phenols is 4. The van der Waals surface area contributed by atoms with E-state index in [0.717, 1.165) is 31.2 Å². The van der Waals surface area contributed by atoms with Crippen LogP contribution in [0.3, 0.4) is 0 Å². The normalized spacial score (nSPS) is 23.4. The number of carbonyl (C=O) groups is 2. The van der Waals surface area contributed by atoms with Crippen LogP contribution in [0, 0.1) is 0 Å². The second-order valence-electron chi connectivity index (χ2n) is 10.2. The third kappa shape index (κ3) is 6.73. The lowest BCUT2D eigenvalue weighted by atomic mass is 9.98. The van der Waals surface area contributed by atoms with E-state index >= 15 is 0 Å². The standard InChI is InChI=1S/C27H28O16/c1-27(39,7-17(32)33)8-18(34)40-9-16-20(35)22(37)23(38)26(42-16)43-25-21(36)19-14(31)5-11(28)6-15(19)41-24(25)10-2-3-12(29)13(30)4-10/h2-6,16,20,22-23,26,28-31,35,37-39H,7-9H2,1H3,(H,32,33)/t16-,20+,22+,23-,26+,27-/m1/s1. The van der Waals surface area contributed by atoms with Gasteiger partial charge in [-0.2, -0.15) is 0 Å². The average molecular weight is 609 g/mol. The summed E-state index contributed by atoms with van der Waals surface area (Å²) in [4.78, 5) is 36.6. The fourth-order valence-corrected chi connectivity index (χ4v) is 4.42. The molecule has 1 aliphatic rings. The van der Waals surface area contributed by atoms with Crippen molar-refractivity contribution in [3.63, 3.8) is 0 Å². The van der Waals surface area contributed by atoms with Crippen LogP contribution >= 0.6 is 0 Å². The van der Waals surface area contributed by atoms with Gasteiger partial charge < -0.3 is 64.6 Å². The lowest BCUT2D eigenvalue weighted by Gasteiger charge is -2.39. The number of aliphatic carboxylic acids is 1. The van der Waals surface area contributed by atoms with Gasteiger partial charge in [0.1, 0.15) is 53.5 Å². The van der Waals surface area contributed by atoms with Gasteiger partial charge in [0.25, 0.3) is 0 Å². The molecule has 6 atom stereocenters. The molecule has 0 amide bonds. The van der Waals surface area contributed by atoms with Crippen molar-refractivity contribution < 1.29 is 74.2 Å². The van der Waals surface area contributed by atoms with Crippen LogP contribution < -0.4 is 10.2 Å². The van der Waals surface area contributed by atoms with Crippen LogP contribution in [0.1, 0.15) is 19.8 Å².